The molecule has 202 valence electrons. The Balaban J connectivity index is 1.36. The summed E-state index contributed by atoms with van der Waals surface area (Å²) in [6.45, 7) is 0. The van der Waals surface area contributed by atoms with E-state index in [-0.39, 0.29) is 0 Å². The standard InChI is InChI=1S/C39H25N3O/c1-4-12-26(13-5-1)28-21-23-36-35(25-28)42-38(37(40-39(42)43-36)27-14-6-2-7-15-27)29-20-22-34-32(24-29)31-18-10-11-19-33(31)41(34)30-16-8-3-9-17-30/h1-25H. The van der Waals surface area contributed by atoms with E-state index >= 15 is 0 Å². The number of hydrogen-bond donors (Lipinski definition) is 0. The molecule has 0 spiro atoms. The zero-order chi connectivity index (χ0) is 28.3. The van der Waals surface area contributed by atoms with Crippen LogP contribution in [-0.4, -0.2) is 14.0 Å². The van der Waals surface area contributed by atoms with Gasteiger partial charge in [0, 0.05) is 27.6 Å². The maximum atomic E-state index is 6.38. The molecule has 0 radical (unpaired) electrons. The van der Waals surface area contributed by atoms with Crippen molar-refractivity contribution in [3.63, 3.8) is 0 Å². The minimum Gasteiger partial charge on any atom is -0.423 e. The van der Waals surface area contributed by atoms with Crippen LogP contribution in [0.2, 0.25) is 0 Å². The highest BCUT2D eigenvalue weighted by Gasteiger charge is 2.23. The van der Waals surface area contributed by atoms with Crippen molar-refractivity contribution in [2.45, 2.75) is 0 Å². The summed E-state index contributed by atoms with van der Waals surface area (Å²) in [4.78, 5) is 5.09. The van der Waals surface area contributed by atoms with Crippen molar-refractivity contribution < 1.29 is 4.42 Å². The Labute approximate surface area is 247 Å². The molecule has 0 atom stereocenters. The van der Waals surface area contributed by atoms with Crippen LogP contribution in [0, 0.1) is 0 Å². The van der Waals surface area contributed by atoms with Crippen LogP contribution in [0.3, 0.4) is 0 Å². The second kappa shape index (κ2) is 9.33. The maximum Gasteiger partial charge on any atom is 0.307 e. The molecule has 4 nitrogen and oxygen atoms in total. The average molecular weight is 552 g/mol. The topological polar surface area (TPSA) is 35.4 Å². The van der Waals surface area contributed by atoms with Gasteiger partial charge < -0.3 is 8.98 Å². The quantitative estimate of drug-likeness (QED) is 0.218. The summed E-state index contributed by atoms with van der Waals surface area (Å²) in [6, 6.07) is 53.2. The number of nitrogens with zero attached hydrogens (tertiary/aromatic N) is 3. The van der Waals surface area contributed by atoms with Gasteiger partial charge in [-0.1, -0.05) is 109 Å². The van der Waals surface area contributed by atoms with Gasteiger partial charge in [0.05, 0.1) is 22.2 Å². The van der Waals surface area contributed by atoms with E-state index in [0.717, 1.165) is 44.9 Å². The fourth-order valence-corrected chi connectivity index (χ4v) is 6.42. The molecule has 0 fully saturated rings. The third kappa shape index (κ3) is 3.67. The molecule has 3 aromatic heterocycles. The number of imidazole rings is 1. The fraction of sp³-hybridized carbons (Fsp3) is 0. The summed E-state index contributed by atoms with van der Waals surface area (Å²) in [6.07, 6.45) is 0. The first-order valence-corrected chi connectivity index (χ1v) is 14.5. The van der Waals surface area contributed by atoms with E-state index in [1.807, 2.05) is 12.1 Å². The van der Waals surface area contributed by atoms with Crippen molar-refractivity contribution in [1.29, 1.82) is 0 Å². The highest BCUT2D eigenvalue weighted by atomic mass is 16.4. The first-order valence-electron chi connectivity index (χ1n) is 14.5. The van der Waals surface area contributed by atoms with Crippen LogP contribution in [0.15, 0.2) is 156 Å². The van der Waals surface area contributed by atoms with E-state index in [9.17, 15) is 0 Å². The lowest BCUT2D eigenvalue weighted by Crippen LogP contribution is -1.93. The molecule has 0 N–H and O–H groups in total. The van der Waals surface area contributed by atoms with Crippen molar-refractivity contribution >= 4 is 38.7 Å². The molecule has 0 unspecified atom stereocenters. The predicted molar refractivity (Wildman–Crippen MR) is 176 cm³/mol. The van der Waals surface area contributed by atoms with Crippen LogP contribution in [-0.2, 0) is 0 Å². The van der Waals surface area contributed by atoms with E-state index < -0.39 is 0 Å². The Morgan fingerprint density at radius 3 is 1.91 bits per heavy atom. The van der Waals surface area contributed by atoms with Gasteiger partial charge in [-0.05, 0) is 53.6 Å². The van der Waals surface area contributed by atoms with Gasteiger partial charge in [-0.3, -0.25) is 4.40 Å². The molecule has 0 saturated carbocycles. The normalized spacial score (nSPS) is 11.7. The van der Waals surface area contributed by atoms with Crippen LogP contribution in [0.4, 0.5) is 0 Å². The van der Waals surface area contributed by atoms with Gasteiger partial charge in [-0.15, -0.1) is 0 Å². The monoisotopic (exact) mass is 551 g/mol. The number of aromatic nitrogens is 3. The Morgan fingerprint density at radius 2 is 1.12 bits per heavy atom. The van der Waals surface area contributed by atoms with Gasteiger partial charge in [0.1, 0.15) is 5.69 Å². The van der Waals surface area contributed by atoms with Crippen LogP contribution in [0.5, 0.6) is 0 Å². The Morgan fingerprint density at radius 1 is 0.465 bits per heavy atom. The first kappa shape index (κ1) is 23.8. The maximum absolute atomic E-state index is 6.38. The zero-order valence-corrected chi connectivity index (χ0v) is 23.2. The molecule has 0 aliphatic carbocycles. The Bertz CT molecular complexity index is 2430. The summed E-state index contributed by atoms with van der Waals surface area (Å²) in [5, 5.41) is 2.41. The minimum absolute atomic E-state index is 0.584. The molecule has 0 amide bonds. The lowest BCUT2D eigenvalue weighted by atomic mass is 10.0. The van der Waals surface area contributed by atoms with Crippen molar-refractivity contribution in [2.75, 3.05) is 0 Å². The molecule has 0 bridgehead atoms. The number of para-hydroxylation sites is 2. The number of oxazole rings is 1. The lowest BCUT2D eigenvalue weighted by Gasteiger charge is -2.09. The van der Waals surface area contributed by atoms with Crippen molar-refractivity contribution in [2.24, 2.45) is 0 Å². The number of fused-ring (bicyclic) bond motifs is 6. The van der Waals surface area contributed by atoms with Crippen LogP contribution in [0.1, 0.15) is 0 Å². The highest BCUT2D eigenvalue weighted by Crippen LogP contribution is 2.40. The Hall–Kier alpha value is -5.87. The molecule has 9 rings (SSSR count). The second-order valence-electron chi connectivity index (χ2n) is 10.9. The van der Waals surface area contributed by atoms with Gasteiger partial charge in [0.25, 0.3) is 0 Å². The van der Waals surface area contributed by atoms with Gasteiger partial charge in [0.2, 0.25) is 0 Å². The third-order valence-corrected chi connectivity index (χ3v) is 8.36. The van der Waals surface area contributed by atoms with E-state index in [4.69, 9.17) is 9.40 Å². The van der Waals surface area contributed by atoms with E-state index in [1.165, 1.54) is 27.4 Å². The molecule has 4 heteroatoms. The second-order valence-corrected chi connectivity index (χ2v) is 10.9. The molecule has 6 aromatic carbocycles. The molecule has 9 aromatic rings. The van der Waals surface area contributed by atoms with Gasteiger partial charge in [-0.2, -0.15) is 4.98 Å². The lowest BCUT2D eigenvalue weighted by molar-refractivity contribution is 0.642. The van der Waals surface area contributed by atoms with Gasteiger partial charge in [0.15, 0.2) is 5.58 Å². The molecular weight excluding hydrogens is 526 g/mol. The van der Waals surface area contributed by atoms with Crippen LogP contribution < -0.4 is 0 Å². The predicted octanol–water partition coefficient (Wildman–Crippen LogP) is 10.2. The third-order valence-electron chi connectivity index (χ3n) is 8.36. The zero-order valence-electron chi connectivity index (χ0n) is 23.2. The highest BCUT2D eigenvalue weighted by molar-refractivity contribution is 6.10. The fourth-order valence-electron chi connectivity index (χ4n) is 6.42. The average Bonchev–Trinajstić information content (AvgIpc) is 3.73. The molecule has 0 aliphatic rings. The van der Waals surface area contributed by atoms with Gasteiger partial charge >= 0.3 is 5.84 Å². The minimum atomic E-state index is 0.584. The molecule has 43 heavy (non-hydrogen) atoms. The summed E-state index contributed by atoms with van der Waals surface area (Å²) in [5.74, 6) is 0.584. The number of rotatable bonds is 4. The number of benzene rings is 6. The van der Waals surface area contributed by atoms with Crippen LogP contribution >= 0.6 is 0 Å². The van der Waals surface area contributed by atoms with Crippen molar-refractivity contribution in [3.05, 3.63) is 152 Å². The summed E-state index contributed by atoms with van der Waals surface area (Å²) >= 11 is 0. The first-order chi connectivity index (χ1) is 21.3. The summed E-state index contributed by atoms with van der Waals surface area (Å²) in [5.41, 5.74) is 11.7. The van der Waals surface area contributed by atoms with Crippen molar-refractivity contribution in [1.82, 2.24) is 14.0 Å². The summed E-state index contributed by atoms with van der Waals surface area (Å²) in [7, 11) is 0. The summed E-state index contributed by atoms with van der Waals surface area (Å²) < 4.78 is 10.9. The SMILES string of the molecule is c1ccc(-c2ccc3oc4nc(-c5ccccc5)c(-c5ccc6c(c5)c5ccccc5n6-c5ccccc5)n4c3c2)cc1. The molecular formula is C39H25N3O. The van der Waals surface area contributed by atoms with E-state index in [0.29, 0.717) is 5.84 Å². The largest absolute Gasteiger partial charge is 0.423 e. The molecule has 0 saturated heterocycles. The van der Waals surface area contributed by atoms with Gasteiger partial charge in [-0.25, -0.2) is 0 Å². The molecule has 0 aliphatic heterocycles. The molecule has 3 heterocycles. The van der Waals surface area contributed by atoms with Crippen molar-refractivity contribution in [3.8, 4) is 39.3 Å². The smallest absolute Gasteiger partial charge is 0.307 e. The Kier molecular flexibility index (Phi) is 5.16. The van der Waals surface area contributed by atoms with Crippen LogP contribution in [0.25, 0.3) is 78.1 Å². The van der Waals surface area contributed by atoms with E-state index in [1.54, 1.807) is 0 Å². The number of hydrogen-bond acceptors (Lipinski definition) is 2. The van der Waals surface area contributed by atoms with E-state index in [2.05, 4.69) is 148 Å².